The van der Waals surface area contributed by atoms with E-state index in [0.717, 1.165) is 16.0 Å². The van der Waals surface area contributed by atoms with E-state index in [1.54, 1.807) is 24.3 Å². The number of aliphatic hydroxyl groups is 3. The number of carbonyl (C=O) groups excluding carboxylic acids is 3. The molecule has 174 valence electrons. The topological polar surface area (TPSA) is 139 Å². The van der Waals surface area contributed by atoms with Gasteiger partial charge in [-0.15, -0.1) is 0 Å². The van der Waals surface area contributed by atoms with Crippen molar-refractivity contribution in [3.05, 3.63) is 65.7 Å². The summed E-state index contributed by atoms with van der Waals surface area (Å²) < 4.78 is 0. The third-order valence-corrected chi connectivity index (χ3v) is 4.60. The van der Waals surface area contributed by atoms with Gasteiger partial charge in [-0.05, 0) is 43.3 Å². The minimum atomic E-state index is -2.11. The summed E-state index contributed by atoms with van der Waals surface area (Å²) in [6.45, 7) is 1.28. The predicted molar refractivity (Wildman–Crippen MR) is 122 cm³/mol. The molecule has 0 aromatic heterocycles. The van der Waals surface area contributed by atoms with Gasteiger partial charge in [-0.25, -0.2) is 0 Å². The molecule has 0 aliphatic rings. The molecule has 0 spiro atoms. The fraction of sp³-hybridized carbons (Fsp3) is 0.292. The van der Waals surface area contributed by atoms with Crippen molar-refractivity contribution in [2.24, 2.45) is 0 Å². The number of anilines is 1. The van der Waals surface area contributed by atoms with E-state index >= 15 is 0 Å². The zero-order valence-corrected chi connectivity index (χ0v) is 18.5. The van der Waals surface area contributed by atoms with Gasteiger partial charge in [-0.2, -0.15) is 0 Å². The number of carbonyl (C=O) groups is 3. The Hall–Kier alpha value is -3.71. The largest absolute Gasteiger partial charge is 0.391 e. The second kappa shape index (κ2) is 11.8. The molecule has 0 aliphatic carbocycles. The van der Waals surface area contributed by atoms with Crippen LogP contribution in [-0.4, -0.2) is 76.4 Å². The van der Waals surface area contributed by atoms with Crippen LogP contribution in [0.15, 0.2) is 54.6 Å². The van der Waals surface area contributed by atoms with Gasteiger partial charge in [-0.3, -0.25) is 14.4 Å². The third-order valence-electron chi connectivity index (χ3n) is 4.60. The molecule has 4 atom stereocenters. The van der Waals surface area contributed by atoms with Crippen LogP contribution in [-0.2, 0) is 14.4 Å². The Balaban J connectivity index is 2.03. The van der Waals surface area contributed by atoms with E-state index in [-0.39, 0.29) is 0 Å². The Morgan fingerprint density at radius 2 is 1.36 bits per heavy atom. The van der Waals surface area contributed by atoms with Gasteiger partial charge in [-0.1, -0.05) is 30.0 Å². The number of nitrogens with zero attached hydrogens (tertiary/aromatic N) is 1. The molecule has 1 unspecified atom stereocenters. The van der Waals surface area contributed by atoms with Gasteiger partial charge in [0.15, 0.2) is 12.2 Å². The first-order valence-electron chi connectivity index (χ1n) is 10.1. The zero-order valence-electron chi connectivity index (χ0n) is 18.5. The van der Waals surface area contributed by atoms with Crippen molar-refractivity contribution in [1.82, 2.24) is 10.2 Å². The summed E-state index contributed by atoms with van der Waals surface area (Å²) in [5.74, 6) is 3.22. The number of hydrogen-bond acceptors (Lipinski definition) is 6. The lowest BCUT2D eigenvalue weighted by molar-refractivity contribution is -0.152. The Morgan fingerprint density at radius 3 is 1.88 bits per heavy atom. The van der Waals surface area contributed by atoms with Crippen molar-refractivity contribution in [3.63, 3.8) is 0 Å². The SMILES string of the molecule is C[C@@H](O)C(NC(=O)[C@H](O)[C@@H](O)C(=O)N(C)C)C(=O)Nc1ccc(C#Cc2ccccc2)cc1. The second-order valence-corrected chi connectivity index (χ2v) is 7.53. The van der Waals surface area contributed by atoms with Crippen molar-refractivity contribution in [3.8, 4) is 11.8 Å². The van der Waals surface area contributed by atoms with E-state index in [0.29, 0.717) is 5.69 Å². The van der Waals surface area contributed by atoms with E-state index in [4.69, 9.17) is 0 Å². The highest BCUT2D eigenvalue weighted by Gasteiger charge is 2.34. The monoisotopic (exact) mass is 453 g/mol. The van der Waals surface area contributed by atoms with Crippen LogP contribution in [0.25, 0.3) is 0 Å². The molecule has 33 heavy (non-hydrogen) atoms. The number of rotatable bonds is 7. The summed E-state index contributed by atoms with van der Waals surface area (Å²) in [6, 6.07) is 14.6. The summed E-state index contributed by atoms with van der Waals surface area (Å²) in [6.07, 6.45) is -5.45. The van der Waals surface area contributed by atoms with Crippen molar-refractivity contribution < 1.29 is 29.7 Å². The molecular weight excluding hydrogens is 426 g/mol. The lowest BCUT2D eigenvalue weighted by atomic mass is 10.1. The minimum absolute atomic E-state index is 0.397. The van der Waals surface area contributed by atoms with Gasteiger partial charge in [0.25, 0.3) is 11.8 Å². The molecule has 0 aliphatic heterocycles. The molecule has 0 saturated carbocycles. The van der Waals surface area contributed by atoms with Gasteiger partial charge in [0.2, 0.25) is 5.91 Å². The first-order chi connectivity index (χ1) is 15.6. The van der Waals surface area contributed by atoms with Crippen molar-refractivity contribution in [1.29, 1.82) is 0 Å². The molecule has 2 rings (SSSR count). The number of benzene rings is 2. The minimum Gasteiger partial charge on any atom is -0.391 e. The standard InChI is InChI=1S/C24H27N3O6/c1-15(28)19(26-23(32)20(29)21(30)24(33)27(2)3)22(31)25-18-13-11-17(12-14-18)10-9-16-7-5-4-6-8-16/h4-8,11-15,19-21,28-30H,1-3H3,(H,25,31)(H,26,32)/t15-,19?,20-,21-/m1/s1. The summed E-state index contributed by atoms with van der Waals surface area (Å²) in [5.41, 5.74) is 1.98. The predicted octanol–water partition coefficient (Wildman–Crippen LogP) is -0.299. The summed E-state index contributed by atoms with van der Waals surface area (Å²) in [4.78, 5) is 37.5. The summed E-state index contributed by atoms with van der Waals surface area (Å²) in [5, 5.41) is 34.4. The van der Waals surface area contributed by atoms with Crippen molar-refractivity contribution in [2.75, 3.05) is 19.4 Å². The molecule has 0 saturated heterocycles. The van der Waals surface area contributed by atoms with Gasteiger partial charge in [0.1, 0.15) is 6.04 Å². The Kier molecular flexibility index (Phi) is 9.12. The number of hydrogen-bond donors (Lipinski definition) is 5. The van der Waals surface area contributed by atoms with E-state index in [1.165, 1.54) is 21.0 Å². The van der Waals surface area contributed by atoms with E-state index in [2.05, 4.69) is 22.5 Å². The average molecular weight is 453 g/mol. The highest BCUT2D eigenvalue weighted by Crippen LogP contribution is 2.11. The highest BCUT2D eigenvalue weighted by atomic mass is 16.3. The lowest BCUT2D eigenvalue weighted by Gasteiger charge is -2.24. The molecule has 2 aromatic rings. The molecule has 0 fully saturated rings. The maximum Gasteiger partial charge on any atom is 0.254 e. The number of aliphatic hydroxyl groups excluding tert-OH is 3. The number of amides is 3. The molecule has 0 radical (unpaired) electrons. The zero-order chi connectivity index (χ0) is 24.5. The van der Waals surface area contributed by atoms with Crippen LogP contribution in [0.1, 0.15) is 18.1 Å². The average Bonchev–Trinajstić information content (AvgIpc) is 2.80. The molecule has 0 bridgehead atoms. The molecule has 9 heteroatoms. The summed E-state index contributed by atoms with van der Waals surface area (Å²) >= 11 is 0. The van der Waals surface area contributed by atoms with E-state index in [1.807, 2.05) is 30.3 Å². The van der Waals surface area contributed by atoms with Gasteiger partial charge < -0.3 is 30.9 Å². The quantitative estimate of drug-likeness (QED) is 0.365. The first-order valence-corrected chi connectivity index (χ1v) is 10.1. The maximum atomic E-state index is 12.6. The molecule has 3 amide bonds. The van der Waals surface area contributed by atoms with Crippen LogP contribution < -0.4 is 10.6 Å². The van der Waals surface area contributed by atoms with Gasteiger partial charge in [0.05, 0.1) is 6.10 Å². The fourth-order valence-corrected chi connectivity index (χ4v) is 2.71. The van der Waals surface area contributed by atoms with E-state index < -0.39 is 42.1 Å². The number of nitrogens with one attached hydrogen (secondary N) is 2. The Morgan fingerprint density at radius 1 is 0.818 bits per heavy atom. The first kappa shape index (κ1) is 25.5. The van der Waals surface area contributed by atoms with Gasteiger partial charge >= 0.3 is 0 Å². The number of likely N-dealkylation sites (N-methyl/N-ethyl adjacent to an activating group) is 1. The van der Waals surface area contributed by atoms with Crippen LogP contribution in [0.2, 0.25) is 0 Å². The fourth-order valence-electron chi connectivity index (χ4n) is 2.71. The Bertz CT molecular complexity index is 1030. The lowest BCUT2D eigenvalue weighted by Crippen LogP contribution is -2.56. The molecule has 9 nitrogen and oxygen atoms in total. The maximum absolute atomic E-state index is 12.6. The normalized spacial score (nSPS) is 14.0. The van der Waals surface area contributed by atoms with Crippen LogP contribution in [0.3, 0.4) is 0 Å². The molecular formula is C24H27N3O6. The Labute approximate surface area is 192 Å². The highest BCUT2D eigenvalue weighted by molar-refractivity contribution is 5.99. The summed E-state index contributed by atoms with van der Waals surface area (Å²) in [7, 11) is 2.70. The molecule has 5 N–H and O–H groups in total. The van der Waals surface area contributed by atoms with Crippen LogP contribution >= 0.6 is 0 Å². The van der Waals surface area contributed by atoms with Gasteiger partial charge in [0, 0.05) is 30.9 Å². The van der Waals surface area contributed by atoms with Crippen molar-refractivity contribution >= 4 is 23.4 Å². The smallest absolute Gasteiger partial charge is 0.254 e. The molecule has 2 aromatic carbocycles. The van der Waals surface area contributed by atoms with Crippen LogP contribution in [0.5, 0.6) is 0 Å². The second-order valence-electron chi connectivity index (χ2n) is 7.53. The van der Waals surface area contributed by atoms with Crippen LogP contribution in [0.4, 0.5) is 5.69 Å². The van der Waals surface area contributed by atoms with E-state index in [9.17, 15) is 29.7 Å². The van der Waals surface area contributed by atoms with Crippen molar-refractivity contribution in [2.45, 2.75) is 31.3 Å². The molecule has 0 heterocycles. The third kappa shape index (κ3) is 7.43. The van der Waals surface area contributed by atoms with Crippen LogP contribution in [0, 0.1) is 11.8 Å².